The van der Waals surface area contributed by atoms with E-state index in [0.717, 1.165) is 72.8 Å². The molecule has 4 aromatic heterocycles. The van der Waals surface area contributed by atoms with E-state index in [4.69, 9.17) is 82.0 Å². The Bertz CT molecular complexity index is 4430. The third kappa shape index (κ3) is 34.4. The third-order valence-electron chi connectivity index (χ3n) is 24.4. The van der Waals surface area contributed by atoms with E-state index in [1.54, 1.807) is 61.5 Å². The number of phenolic OH excluding ortho intramolecular Hbond substituents is 1. The zero-order valence-electron chi connectivity index (χ0n) is 77.7. The van der Waals surface area contributed by atoms with Crippen LogP contribution >= 0.6 is 0 Å². The van der Waals surface area contributed by atoms with Crippen LogP contribution in [0.2, 0.25) is 0 Å². The maximum atomic E-state index is 14.8. The van der Waals surface area contributed by atoms with Crippen molar-refractivity contribution in [2.24, 2.45) is 35.5 Å². The smallest absolute Gasteiger partial charge is 0.373 e. The number of phenols is 1. The van der Waals surface area contributed by atoms with Crippen molar-refractivity contribution in [3.8, 4) is 17.1 Å². The number of nitrogens with zero attached hydrogens (tertiary/aromatic N) is 8. The number of aromatic nitrogens is 8. The molecule has 1 aliphatic carbocycles. The number of hydrogen-bond donors (Lipinski definition) is 7. The fourth-order valence-corrected chi connectivity index (χ4v) is 16.9. The summed E-state index contributed by atoms with van der Waals surface area (Å²) in [7, 11) is 4.90. The highest BCUT2D eigenvalue weighted by atomic mass is 16.6. The number of amides is 2. The summed E-state index contributed by atoms with van der Waals surface area (Å²) in [5, 5.41) is 55.0. The number of carbonyl (C=O) groups excluding carboxylic acids is 8. The van der Waals surface area contributed by atoms with E-state index in [1.807, 2.05) is 77.4 Å². The minimum atomic E-state index is -2.43. The van der Waals surface area contributed by atoms with Crippen LogP contribution in [0.25, 0.3) is 33.3 Å². The molecule has 8 N–H and O–H groups in total. The predicted molar refractivity (Wildman–Crippen MR) is 481 cm³/mol. The molecule has 0 radical (unpaired) electrons. The van der Waals surface area contributed by atoms with E-state index in [-0.39, 0.29) is 97.8 Å². The van der Waals surface area contributed by atoms with E-state index >= 15 is 0 Å². The van der Waals surface area contributed by atoms with Crippen LogP contribution in [0.1, 0.15) is 163 Å². The summed E-state index contributed by atoms with van der Waals surface area (Å²) in [6.07, 6.45) is 20.5. The van der Waals surface area contributed by atoms with Crippen molar-refractivity contribution in [3.63, 3.8) is 0 Å². The maximum absolute atomic E-state index is 14.8. The number of H-pyrrole nitrogens is 1. The number of rotatable bonds is 45. The Hall–Kier alpha value is -8.79. The number of esters is 1. The molecule has 2 saturated heterocycles. The first-order valence-corrected chi connectivity index (χ1v) is 46.1. The van der Waals surface area contributed by atoms with Gasteiger partial charge in [0.15, 0.2) is 11.4 Å². The number of ketones is 3. The quantitative estimate of drug-likeness (QED) is 0.00830. The highest BCUT2D eigenvalue weighted by Crippen LogP contribution is 2.39. The molecule has 5 aromatic rings. The molecule has 9 rings (SSSR count). The van der Waals surface area contributed by atoms with Crippen LogP contribution in [-0.2, 0) is 119 Å². The van der Waals surface area contributed by atoms with Crippen LogP contribution in [0, 0.1) is 35.5 Å². The van der Waals surface area contributed by atoms with Crippen molar-refractivity contribution in [1.82, 2.24) is 55.3 Å². The number of aromatic hydroxyl groups is 1. The van der Waals surface area contributed by atoms with Gasteiger partial charge >= 0.3 is 12.1 Å². The van der Waals surface area contributed by atoms with Crippen LogP contribution in [0.15, 0.2) is 84.4 Å². The molecule has 0 spiro atoms. The number of nitrogen functional groups attached to an aromatic ring is 1. The van der Waals surface area contributed by atoms with Gasteiger partial charge in [0.25, 0.3) is 11.7 Å². The molecule has 2 bridgehead atoms. The summed E-state index contributed by atoms with van der Waals surface area (Å²) in [6, 6.07) is 5.66. The molecule has 7 heterocycles. The second-order valence-electron chi connectivity index (χ2n) is 34.3. The topological polar surface area (TPSA) is 461 Å². The van der Waals surface area contributed by atoms with Crippen molar-refractivity contribution in [2.45, 2.75) is 232 Å². The predicted octanol–water partition coefficient (Wildman–Crippen LogP) is 8.50. The van der Waals surface area contributed by atoms with Gasteiger partial charge in [-0.15, -0.1) is 5.10 Å². The van der Waals surface area contributed by atoms with Crippen LogP contribution in [0.3, 0.4) is 0 Å². The lowest BCUT2D eigenvalue weighted by molar-refractivity contribution is -0.264. The van der Waals surface area contributed by atoms with Gasteiger partial charge in [-0.1, -0.05) is 81.9 Å². The Morgan fingerprint density at radius 1 is 0.746 bits per heavy atom. The van der Waals surface area contributed by atoms with Crippen LogP contribution in [0.5, 0.6) is 5.75 Å². The number of likely N-dealkylation sites (N-methyl/N-ethyl adjacent to an activating group) is 1. The molecule has 36 heteroatoms. The largest absolute Gasteiger partial charge is 0.508 e. The molecule has 1 aromatic carbocycles. The number of aromatic amines is 1. The van der Waals surface area contributed by atoms with Gasteiger partial charge in [0.2, 0.25) is 11.7 Å². The first kappa shape index (κ1) is 107. The number of hydrogen-bond acceptors (Lipinski definition) is 31. The number of aliphatic hydroxyl groups is 2. The number of allylic oxidation sites excluding steroid dienone is 6. The summed E-state index contributed by atoms with van der Waals surface area (Å²) in [5.74, 6) is -7.63. The Labute approximate surface area is 762 Å². The van der Waals surface area contributed by atoms with Crippen molar-refractivity contribution in [1.29, 1.82) is 0 Å². The first-order chi connectivity index (χ1) is 62.8. The van der Waals surface area contributed by atoms with Crippen molar-refractivity contribution in [3.05, 3.63) is 90.1 Å². The molecule has 722 valence electrons. The highest BCUT2D eigenvalue weighted by molar-refractivity contribution is 6.39. The van der Waals surface area contributed by atoms with Crippen LogP contribution in [0.4, 0.5) is 5.82 Å². The average molecular weight is 1820 g/mol. The van der Waals surface area contributed by atoms with Gasteiger partial charge in [-0.2, -0.15) is 14.7 Å². The van der Waals surface area contributed by atoms with E-state index in [2.05, 4.69) is 35.9 Å². The summed E-state index contributed by atoms with van der Waals surface area (Å²) >= 11 is 0. The van der Waals surface area contributed by atoms with Gasteiger partial charge in [0.1, 0.15) is 53.7 Å². The summed E-state index contributed by atoms with van der Waals surface area (Å²) < 4.78 is 79.6. The summed E-state index contributed by atoms with van der Waals surface area (Å²) in [4.78, 5) is 114. The number of piperidine rings is 1. The van der Waals surface area contributed by atoms with Crippen molar-refractivity contribution < 1.29 is 115 Å². The van der Waals surface area contributed by atoms with Gasteiger partial charge in [0, 0.05) is 94.2 Å². The number of cyclic esters (lactones) is 1. The monoisotopic (exact) mass is 1820 g/mol. The standard InChI is InChI=1S/C93H142N12O22.CO2/c1-62-20-12-11-13-21-63(2)75(95-8)58-73-27-24-68(7)93(114,127-73)88(111)91(112)104-32-17-14-23-77(104)92(113)126-80(59-78(107)64(3)53-67(6)86(110)87(116-10)85(109)66(5)52-62)65(4)54-69-25-29-79(81(55-69)115-9)125-35-19-15-22-71-60-103(102-100-71)34-37-118-39-41-120-43-45-122-47-49-124-51-50-123-48-46-121-44-42-119-40-38-117-36-30-82(108)96-31-16-18-33-105-90-83(89(94)97-61-98-90)84(101-105)76-57-70-56-72(106)26-28-74(70)99-76;2-1-3/h11-13,20-21,26,28,53,56-57,60-62,64-66,68-69,73,75,77,79-81,86-87,95,99,106,110,114H,14-19,22-25,27,29-52,54-55,58-59H2,1-10H3,(H,96,108)(H2,94,97,98);/b13-11+,20-12+,63-21+,67-53+;/t62-,64-,65-,66-,68-,69+,73+,75+,77+,79-,80+,81-,86-,87+,93-;/m1./s1. The van der Waals surface area contributed by atoms with Crippen molar-refractivity contribution in [2.75, 3.05) is 152 Å². The first-order valence-electron chi connectivity index (χ1n) is 46.1. The SMILES string of the molecule is CN[C@H]1C[C@@H]2CC[C@@H](C)[C@@](O)(O2)C(=O)C(=O)N2CCCC[C@H]2C(=O)O[C@H]([C@H](C)C[C@@H]2CC[C@@H](OCCCCc3cn(CCOCCOCCOCCOCCOCCOCCOCCOCCC(=O)NCCCCn4nc(-c5cc6cc(O)ccc6[nH]5)c5c(N)ncnc54)nn3)[C@H](OC)C2)CC(=O)[C@H](C)/C=C(\C)[C@@H](O)[C@@H](OC)C(=O)[C@H](C)C[C@H](C)/C=C/C=C/C=C/1C.O=C=O. The van der Waals surface area contributed by atoms with E-state index in [0.29, 0.717) is 205 Å². The number of benzene rings is 1. The number of nitrogens with two attached hydrogens (primary N) is 1. The van der Waals surface area contributed by atoms with Crippen molar-refractivity contribution >= 4 is 69.0 Å². The lowest BCUT2D eigenvalue weighted by Crippen LogP contribution is -2.61. The lowest BCUT2D eigenvalue weighted by atomic mass is 9.78. The molecule has 3 fully saturated rings. The average Bonchev–Trinajstić information content (AvgIpc) is 1.42. The molecular formula is C94H142N12O24. The number of Topliss-reactive ketones (excluding diaryl/α,β-unsaturated/α-hetero) is 3. The number of methoxy groups -OCH3 is 2. The van der Waals surface area contributed by atoms with Gasteiger partial charge in [-0.25, -0.2) is 24.1 Å². The van der Waals surface area contributed by atoms with Gasteiger partial charge < -0.3 is 103 Å². The Morgan fingerprint density at radius 3 is 2.08 bits per heavy atom. The minimum absolute atomic E-state index is 0.00728. The maximum Gasteiger partial charge on any atom is 0.373 e. The van der Waals surface area contributed by atoms with Gasteiger partial charge in [-0.3, -0.25) is 24.0 Å². The number of carbonyl (C=O) groups is 6. The number of fused-ring (bicyclic) bond motifs is 5. The second-order valence-corrected chi connectivity index (χ2v) is 34.3. The van der Waals surface area contributed by atoms with Gasteiger partial charge in [-0.05, 0) is 171 Å². The number of unbranched alkanes of at least 4 members (excludes halogenated alkanes) is 2. The molecule has 130 heavy (non-hydrogen) atoms. The molecule has 4 aliphatic rings. The molecule has 2 amide bonds. The number of anilines is 1. The molecule has 36 nitrogen and oxygen atoms in total. The highest BCUT2D eigenvalue weighted by Gasteiger charge is 2.53. The molecule has 15 atom stereocenters. The van der Waals surface area contributed by atoms with E-state index in [9.17, 15) is 44.1 Å². The minimum Gasteiger partial charge on any atom is -0.508 e. The summed E-state index contributed by atoms with van der Waals surface area (Å²) in [5.41, 5.74) is 11.4. The number of aliphatic hydroxyl groups excluding tert-OH is 1. The van der Waals surface area contributed by atoms with Gasteiger partial charge in [0.05, 0.1) is 147 Å². The van der Waals surface area contributed by atoms with Crippen LogP contribution < -0.4 is 16.4 Å². The Morgan fingerprint density at radius 2 is 1.42 bits per heavy atom. The zero-order chi connectivity index (χ0) is 93.7. The molecule has 0 unspecified atom stereocenters. The fraction of sp³-hybridized carbons (Fsp3) is 0.681. The third-order valence-corrected chi connectivity index (χ3v) is 24.4. The normalized spacial score (nSPS) is 26.0. The molecule has 3 aliphatic heterocycles. The Kier molecular flexibility index (Phi) is 47.2. The number of aryl methyl sites for hydroxylation is 2. The molecular weight excluding hydrogens is 1680 g/mol. The Balaban J connectivity index is 0.00000685. The number of nitrogens with one attached hydrogen (secondary N) is 3. The number of ether oxygens (including phenoxy) is 13. The fourth-order valence-electron chi connectivity index (χ4n) is 16.9. The van der Waals surface area contributed by atoms with E-state index < -0.39 is 71.7 Å². The zero-order valence-corrected chi connectivity index (χ0v) is 77.7. The molecule has 1 saturated carbocycles. The van der Waals surface area contributed by atoms with E-state index in [1.165, 1.54) is 18.3 Å². The lowest BCUT2D eigenvalue weighted by Gasteiger charge is -2.43. The second kappa shape index (κ2) is 57.6. The van der Waals surface area contributed by atoms with Crippen LogP contribution in [-0.4, -0.2) is 302 Å². The summed E-state index contributed by atoms with van der Waals surface area (Å²) in [6.45, 7) is 21.7.